The summed E-state index contributed by atoms with van der Waals surface area (Å²) in [5.74, 6) is -0.986. The normalized spacial score (nSPS) is 11.9. The summed E-state index contributed by atoms with van der Waals surface area (Å²) in [6.45, 7) is 3.78. The first-order valence-electron chi connectivity index (χ1n) is 8.21. The highest BCUT2D eigenvalue weighted by atomic mass is 32.1. The quantitative estimate of drug-likeness (QED) is 0.527. The van der Waals surface area contributed by atoms with Crippen molar-refractivity contribution >= 4 is 44.2 Å². The van der Waals surface area contributed by atoms with Crippen molar-refractivity contribution in [2.75, 3.05) is 11.1 Å². The fourth-order valence-corrected chi connectivity index (χ4v) is 3.42. The van der Waals surface area contributed by atoms with Crippen molar-refractivity contribution in [1.82, 2.24) is 4.98 Å². The average Bonchev–Trinajstić information content (AvgIpc) is 3.00. The van der Waals surface area contributed by atoms with E-state index in [1.54, 1.807) is 25.1 Å². The standard InChI is InChI=1S/C19H19N3O3S/c1-3-15(25-18(24)12-5-4-6-13(20)10-12)17(23)22-19-21-14-8-7-11(2)9-16(14)26-19/h4-10,15H,3,20H2,1-2H3,(H,21,22,23). The maximum Gasteiger partial charge on any atom is 0.338 e. The van der Waals surface area contributed by atoms with E-state index in [2.05, 4.69) is 10.3 Å². The molecule has 1 unspecified atom stereocenters. The molecule has 0 saturated carbocycles. The van der Waals surface area contributed by atoms with Crippen molar-refractivity contribution < 1.29 is 14.3 Å². The van der Waals surface area contributed by atoms with Gasteiger partial charge in [0.2, 0.25) is 0 Å². The molecule has 0 fully saturated rings. The highest BCUT2D eigenvalue weighted by molar-refractivity contribution is 7.22. The second-order valence-corrected chi connectivity index (χ2v) is 6.94. The van der Waals surface area contributed by atoms with Crippen LogP contribution in [0.2, 0.25) is 0 Å². The lowest BCUT2D eigenvalue weighted by Crippen LogP contribution is -2.32. The fraction of sp³-hybridized carbons (Fsp3) is 0.211. The minimum atomic E-state index is -0.905. The Morgan fingerprint density at radius 3 is 2.81 bits per heavy atom. The Labute approximate surface area is 155 Å². The van der Waals surface area contributed by atoms with Crippen molar-refractivity contribution in [2.24, 2.45) is 0 Å². The van der Waals surface area contributed by atoms with Crippen molar-refractivity contribution in [3.05, 3.63) is 53.6 Å². The van der Waals surface area contributed by atoms with Crippen LogP contribution in [0.15, 0.2) is 42.5 Å². The van der Waals surface area contributed by atoms with Gasteiger partial charge in [-0.2, -0.15) is 0 Å². The van der Waals surface area contributed by atoms with E-state index in [9.17, 15) is 9.59 Å². The Morgan fingerprint density at radius 1 is 1.27 bits per heavy atom. The molecule has 3 aromatic rings. The van der Waals surface area contributed by atoms with Crippen molar-refractivity contribution in [2.45, 2.75) is 26.4 Å². The van der Waals surface area contributed by atoms with Gasteiger partial charge in [-0.25, -0.2) is 9.78 Å². The predicted molar refractivity (Wildman–Crippen MR) is 103 cm³/mol. The molecule has 7 heteroatoms. The number of benzene rings is 2. The molecule has 0 bridgehead atoms. The molecule has 1 atom stereocenters. The van der Waals surface area contributed by atoms with Gasteiger partial charge in [0.15, 0.2) is 11.2 Å². The van der Waals surface area contributed by atoms with E-state index >= 15 is 0 Å². The lowest BCUT2D eigenvalue weighted by molar-refractivity contribution is -0.124. The third-order valence-electron chi connectivity index (χ3n) is 3.81. The predicted octanol–water partition coefficient (Wildman–Crippen LogP) is 3.76. The first kappa shape index (κ1) is 17.9. The van der Waals surface area contributed by atoms with Gasteiger partial charge in [-0.05, 0) is 49.2 Å². The molecule has 3 N–H and O–H groups in total. The topological polar surface area (TPSA) is 94.3 Å². The Balaban J connectivity index is 1.70. The van der Waals surface area contributed by atoms with E-state index < -0.39 is 18.0 Å². The van der Waals surface area contributed by atoms with Crippen LogP contribution in [0.4, 0.5) is 10.8 Å². The van der Waals surface area contributed by atoms with Crippen LogP contribution in [-0.2, 0) is 9.53 Å². The summed E-state index contributed by atoms with van der Waals surface area (Å²) >= 11 is 1.38. The second kappa shape index (κ2) is 7.53. The Kier molecular flexibility index (Phi) is 5.18. The maximum atomic E-state index is 12.5. The molecule has 134 valence electrons. The van der Waals surface area contributed by atoms with Gasteiger partial charge in [0.1, 0.15) is 0 Å². The number of aryl methyl sites for hydroxylation is 1. The molecule has 6 nitrogen and oxygen atoms in total. The zero-order chi connectivity index (χ0) is 18.7. The van der Waals surface area contributed by atoms with Gasteiger partial charge in [-0.15, -0.1) is 0 Å². The third kappa shape index (κ3) is 4.00. The van der Waals surface area contributed by atoms with Crippen LogP contribution >= 0.6 is 11.3 Å². The Morgan fingerprint density at radius 2 is 2.08 bits per heavy atom. The highest BCUT2D eigenvalue weighted by Gasteiger charge is 2.23. The zero-order valence-corrected chi connectivity index (χ0v) is 15.3. The molecule has 0 aliphatic heterocycles. The van der Waals surface area contributed by atoms with Crippen molar-refractivity contribution in [1.29, 1.82) is 0 Å². The van der Waals surface area contributed by atoms with Gasteiger partial charge in [0, 0.05) is 5.69 Å². The van der Waals surface area contributed by atoms with E-state index in [1.807, 2.05) is 25.1 Å². The van der Waals surface area contributed by atoms with Crippen molar-refractivity contribution in [3.8, 4) is 0 Å². The third-order valence-corrected chi connectivity index (χ3v) is 4.74. The number of ether oxygens (including phenoxy) is 1. The van der Waals surface area contributed by atoms with E-state index in [4.69, 9.17) is 10.5 Å². The van der Waals surface area contributed by atoms with Gasteiger partial charge in [0.25, 0.3) is 5.91 Å². The van der Waals surface area contributed by atoms with Crippen molar-refractivity contribution in [3.63, 3.8) is 0 Å². The minimum absolute atomic E-state index is 0.312. The highest BCUT2D eigenvalue weighted by Crippen LogP contribution is 2.27. The number of anilines is 2. The molecule has 1 amide bonds. The molecular formula is C19H19N3O3S. The SMILES string of the molecule is CCC(OC(=O)c1cccc(N)c1)C(=O)Nc1nc2ccc(C)cc2s1. The number of hydrogen-bond acceptors (Lipinski definition) is 6. The molecule has 0 spiro atoms. The summed E-state index contributed by atoms with van der Waals surface area (Å²) in [7, 11) is 0. The molecule has 26 heavy (non-hydrogen) atoms. The van der Waals surface area contributed by atoms with Gasteiger partial charge in [-0.3, -0.25) is 10.1 Å². The number of nitrogens with two attached hydrogens (primary N) is 1. The number of nitrogens with zero attached hydrogens (tertiary/aromatic N) is 1. The molecule has 0 aliphatic rings. The summed E-state index contributed by atoms with van der Waals surface area (Å²) in [6.07, 6.45) is -0.554. The number of nitrogen functional groups attached to an aromatic ring is 1. The smallest absolute Gasteiger partial charge is 0.338 e. The van der Waals surface area contributed by atoms with Crippen LogP contribution in [0.1, 0.15) is 29.3 Å². The number of fused-ring (bicyclic) bond motifs is 1. The van der Waals surface area contributed by atoms with Crippen LogP contribution in [0.25, 0.3) is 10.2 Å². The maximum absolute atomic E-state index is 12.5. The number of nitrogens with one attached hydrogen (secondary N) is 1. The fourth-order valence-electron chi connectivity index (χ4n) is 2.46. The number of esters is 1. The largest absolute Gasteiger partial charge is 0.449 e. The Hall–Kier alpha value is -2.93. The summed E-state index contributed by atoms with van der Waals surface area (Å²) in [5.41, 5.74) is 8.39. The number of aromatic nitrogens is 1. The van der Waals surface area contributed by atoms with E-state index in [1.165, 1.54) is 17.4 Å². The molecule has 2 aromatic carbocycles. The summed E-state index contributed by atoms with van der Waals surface area (Å²) in [5, 5.41) is 3.22. The number of amides is 1. The zero-order valence-electron chi connectivity index (χ0n) is 14.5. The monoisotopic (exact) mass is 369 g/mol. The molecular weight excluding hydrogens is 350 g/mol. The summed E-state index contributed by atoms with van der Waals surface area (Å²) in [6, 6.07) is 12.3. The van der Waals surface area contributed by atoms with Crippen LogP contribution in [-0.4, -0.2) is 23.0 Å². The summed E-state index contributed by atoms with van der Waals surface area (Å²) in [4.78, 5) is 29.1. The Bertz CT molecular complexity index is 968. The molecule has 0 aliphatic carbocycles. The van der Waals surface area contributed by atoms with Crippen LogP contribution in [0.5, 0.6) is 0 Å². The van der Waals surface area contributed by atoms with E-state index in [0.717, 1.165) is 15.8 Å². The molecule has 0 radical (unpaired) electrons. The average molecular weight is 369 g/mol. The second-order valence-electron chi connectivity index (χ2n) is 5.91. The number of carbonyl (C=O) groups is 2. The van der Waals surface area contributed by atoms with E-state index in [0.29, 0.717) is 22.8 Å². The van der Waals surface area contributed by atoms with Gasteiger partial charge >= 0.3 is 5.97 Å². The summed E-state index contributed by atoms with van der Waals surface area (Å²) < 4.78 is 6.33. The first-order valence-corrected chi connectivity index (χ1v) is 9.02. The first-order chi connectivity index (χ1) is 12.5. The van der Waals surface area contributed by atoms with Crippen LogP contribution in [0, 0.1) is 6.92 Å². The number of thiazole rings is 1. The van der Waals surface area contributed by atoms with Gasteiger partial charge in [0.05, 0.1) is 15.8 Å². The van der Waals surface area contributed by atoms with Gasteiger partial charge < -0.3 is 10.5 Å². The van der Waals surface area contributed by atoms with Crippen LogP contribution in [0.3, 0.4) is 0 Å². The molecule has 3 rings (SSSR count). The van der Waals surface area contributed by atoms with Crippen LogP contribution < -0.4 is 11.1 Å². The number of carbonyl (C=O) groups excluding carboxylic acids is 2. The minimum Gasteiger partial charge on any atom is -0.449 e. The molecule has 1 aromatic heterocycles. The van der Waals surface area contributed by atoms with Gasteiger partial charge in [-0.1, -0.05) is 30.4 Å². The van der Waals surface area contributed by atoms with E-state index in [-0.39, 0.29) is 0 Å². The number of rotatable bonds is 5. The molecule has 1 heterocycles. The molecule has 0 saturated heterocycles. The lowest BCUT2D eigenvalue weighted by atomic mass is 10.2. The number of hydrogen-bond donors (Lipinski definition) is 2. The lowest BCUT2D eigenvalue weighted by Gasteiger charge is -2.15.